The van der Waals surface area contributed by atoms with Gasteiger partial charge in [0.05, 0.1) is 17.9 Å². The van der Waals surface area contributed by atoms with Gasteiger partial charge in [-0.1, -0.05) is 17.7 Å². The van der Waals surface area contributed by atoms with E-state index in [9.17, 15) is 13.6 Å². The average Bonchev–Trinajstić information content (AvgIpc) is 2.45. The number of aromatic amines is 1. The highest BCUT2D eigenvalue weighted by atomic mass is 35.5. The van der Waals surface area contributed by atoms with Gasteiger partial charge < -0.3 is 10.2 Å². The van der Waals surface area contributed by atoms with Crippen LogP contribution in [0.5, 0.6) is 0 Å². The van der Waals surface area contributed by atoms with Gasteiger partial charge in [0.1, 0.15) is 16.7 Å². The quantitative estimate of drug-likeness (QED) is 0.885. The van der Waals surface area contributed by atoms with Crippen molar-refractivity contribution < 1.29 is 8.78 Å². The van der Waals surface area contributed by atoms with Crippen LogP contribution in [0.3, 0.4) is 0 Å². The van der Waals surface area contributed by atoms with Gasteiger partial charge in [0.15, 0.2) is 0 Å². The molecule has 0 amide bonds. The molecule has 0 bridgehead atoms. The van der Waals surface area contributed by atoms with Crippen LogP contribution in [0.2, 0.25) is 5.02 Å². The summed E-state index contributed by atoms with van der Waals surface area (Å²) in [5, 5.41) is 8.67. The molecule has 2 N–H and O–H groups in total. The monoisotopic (exact) mass is 328 g/mol. The molecular weight excluding hydrogens is 314 g/mol. The van der Waals surface area contributed by atoms with Gasteiger partial charge in [-0.25, -0.2) is 13.9 Å². The van der Waals surface area contributed by atoms with E-state index in [2.05, 4.69) is 15.5 Å². The lowest BCUT2D eigenvalue weighted by Crippen LogP contribution is -2.29. The molecule has 0 radical (unpaired) electrons. The van der Waals surface area contributed by atoms with Crippen LogP contribution in [0, 0.1) is 11.6 Å². The molecule has 118 valence electrons. The van der Waals surface area contributed by atoms with Crippen LogP contribution in [-0.2, 0) is 0 Å². The largest absolute Gasteiger partial charge is 0.380 e. The van der Waals surface area contributed by atoms with Gasteiger partial charge in [-0.15, -0.1) is 0 Å². The third kappa shape index (κ3) is 3.42. The lowest BCUT2D eigenvalue weighted by atomic mass is 10.0. The summed E-state index contributed by atoms with van der Waals surface area (Å²) in [5.74, 6) is -1.26. The van der Waals surface area contributed by atoms with Crippen molar-refractivity contribution in [3.05, 3.63) is 57.0 Å². The van der Waals surface area contributed by atoms with Crippen LogP contribution in [0.15, 0.2) is 29.2 Å². The lowest BCUT2D eigenvalue weighted by Gasteiger charge is -2.26. The number of nitrogens with zero attached hydrogens (tertiary/aromatic N) is 2. The zero-order valence-electron chi connectivity index (χ0n) is 12.0. The number of H-pyrrole nitrogens is 1. The molecule has 0 spiro atoms. The van der Waals surface area contributed by atoms with E-state index in [1.54, 1.807) is 19.0 Å². The second kappa shape index (κ2) is 6.85. The minimum atomic E-state index is -0.629. The SMILES string of the molecule is CN(C)C(CNc1cn[nH]c(=O)c1Cl)c1c(F)cccc1F. The Hall–Kier alpha value is -1.99. The summed E-state index contributed by atoms with van der Waals surface area (Å²) in [6.45, 7) is 0.149. The number of halogens is 3. The summed E-state index contributed by atoms with van der Waals surface area (Å²) in [6.07, 6.45) is 1.34. The number of hydrogen-bond donors (Lipinski definition) is 2. The third-order valence-electron chi connectivity index (χ3n) is 3.24. The van der Waals surface area contributed by atoms with Crippen molar-refractivity contribution in [2.24, 2.45) is 0 Å². The van der Waals surface area contributed by atoms with E-state index in [-0.39, 0.29) is 17.1 Å². The standard InChI is InChI=1S/C14H15ClF2N4O/c1-21(2)11(12-8(16)4-3-5-9(12)17)7-18-10-6-19-20-14(22)13(10)15/h3-6,11H,7H2,1-2H3,(H2,18,20,22). The van der Waals surface area contributed by atoms with Crippen molar-refractivity contribution in [3.63, 3.8) is 0 Å². The number of hydrogen-bond acceptors (Lipinski definition) is 4. The summed E-state index contributed by atoms with van der Waals surface area (Å²) in [5.41, 5.74) is -0.284. The van der Waals surface area contributed by atoms with Crippen LogP contribution < -0.4 is 10.9 Å². The van der Waals surface area contributed by atoms with Crippen molar-refractivity contribution in [3.8, 4) is 0 Å². The second-order valence-corrected chi connectivity index (χ2v) is 5.30. The molecule has 0 fully saturated rings. The van der Waals surface area contributed by atoms with E-state index in [1.165, 1.54) is 24.4 Å². The van der Waals surface area contributed by atoms with Gasteiger partial charge in [0, 0.05) is 12.1 Å². The molecule has 22 heavy (non-hydrogen) atoms. The molecule has 0 aliphatic heterocycles. The zero-order valence-corrected chi connectivity index (χ0v) is 12.8. The Bertz CT molecular complexity index is 700. The number of benzene rings is 1. The van der Waals surface area contributed by atoms with Gasteiger partial charge in [0.25, 0.3) is 5.56 Å². The number of rotatable bonds is 5. The molecule has 1 unspecified atom stereocenters. The Labute approximate surface area is 130 Å². The predicted octanol–water partition coefficient (Wildman–Crippen LogP) is 2.42. The highest BCUT2D eigenvalue weighted by Crippen LogP contribution is 2.25. The third-order valence-corrected chi connectivity index (χ3v) is 3.61. The fraction of sp³-hybridized carbons (Fsp3) is 0.286. The predicted molar refractivity (Wildman–Crippen MR) is 81.1 cm³/mol. The van der Waals surface area contributed by atoms with Gasteiger partial charge in [-0.3, -0.25) is 4.79 Å². The Morgan fingerprint density at radius 2 is 2.00 bits per heavy atom. The first-order valence-corrected chi connectivity index (χ1v) is 6.87. The molecule has 1 aromatic heterocycles. The van der Waals surface area contributed by atoms with Crippen LogP contribution in [0.1, 0.15) is 11.6 Å². The van der Waals surface area contributed by atoms with Gasteiger partial charge in [-0.2, -0.15) is 5.10 Å². The minimum absolute atomic E-state index is 0.0473. The molecule has 0 saturated heterocycles. The van der Waals surface area contributed by atoms with E-state index < -0.39 is 23.2 Å². The highest BCUT2D eigenvalue weighted by molar-refractivity contribution is 6.32. The molecule has 5 nitrogen and oxygen atoms in total. The Balaban J connectivity index is 2.27. The summed E-state index contributed by atoms with van der Waals surface area (Å²) < 4.78 is 27.9. The first-order valence-electron chi connectivity index (χ1n) is 6.49. The van der Waals surface area contributed by atoms with E-state index in [0.717, 1.165) is 0 Å². The number of likely N-dealkylation sites (N-methyl/N-ethyl adjacent to an activating group) is 1. The minimum Gasteiger partial charge on any atom is -0.380 e. The van der Waals surface area contributed by atoms with Crippen LogP contribution in [0.4, 0.5) is 14.5 Å². The maximum atomic E-state index is 13.9. The van der Waals surface area contributed by atoms with Crippen molar-refractivity contribution in [1.82, 2.24) is 15.1 Å². The first kappa shape index (κ1) is 16.4. The molecule has 1 heterocycles. The van der Waals surface area contributed by atoms with Crippen molar-refractivity contribution in [2.75, 3.05) is 26.0 Å². The fourth-order valence-electron chi connectivity index (χ4n) is 2.09. The van der Waals surface area contributed by atoms with Crippen LogP contribution in [-0.4, -0.2) is 35.7 Å². The zero-order chi connectivity index (χ0) is 16.3. The normalized spacial score (nSPS) is 12.5. The molecule has 2 rings (SSSR count). The van der Waals surface area contributed by atoms with Crippen LogP contribution >= 0.6 is 11.6 Å². The topological polar surface area (TPSA) is 61.0 Å². The van der Waals surface area contributed by atoms with Crippen molar-refractivity contribution >= 4 is 17.3 Å². The fourth-order valence-corrected chi connectivity index (χ4v) is 2.24. The van der Waals surface area contributed by atoms with Crippen LogP contribution in [0.25, 0.3) is 0 Å². The van der Waals surface area contributed by atoms with Gasteiger partial charge in [-0.05, 0) is 26.2 Å². The number of nitrogens with one attached hydrogen (secondary N) is 2. The lowest BCUT2D eigenvalue weighted by molar-refractivity contribution is 0.295. The summed E-state index contributed by atoms with van der Waals surface area (Å²) in [7, 11) is 3.41. The maximum absolute atomic E-state index is 13.9. The molecule has 2 aromatic rings. The Morgan fingerprint density at radius 3 is 2.59 bits per heavy atom. The van der Waals surface area contributed by atoms with Gasteiger partial charge >= 0.3 is 0 Å². The summed E-state index contributed by atoms with van der Waals surface area (Å²) in [4.78, 5) is 13.0. The molecule has 1 atom stereocenters. The maximum Gasteiger partial charge on any atom is 0.285 e. The molecule has 0 aliphatic carbocycles. The number of anilines is 1. The first-order chi connectivity index (χ1) is 10.4. The molecule has 0 aliphatic rings. The smallest absolute Gasteiger partial charge is 0.285 e. The summed E-state index contributed by atoms with van der Waals surface area (Å²) in [6, 6.07) is 3.13. The Kier molecular flexibility index (Phi) is 5.10. The van der Waals surface area contributed by atoms with Crippen molar-refractivity contribution in [1.29, 1.82) is 0 Å². The molecule has 1 aromatic carbocycles. The second-order valence-electron chi connectivity index (χ2n) is 4.92. The van der Waals surface area contributed by atoms with E-state index in [1.807, 2.05) is 0 Å². The van der Waals surface area contributed by atoms with E-state index >= 15 is 0 Å². The molecular formula is C14H15ClF2N4O. The average molecular weight is 329 g/mol. The molecule has 0 saturated carbocycles. The summed E-state index contributed by atoms with van der Waals surface area (Å²) >= 11 is 5.86. The highest BCUT2D eigenvalue weighted by Gasteiger charge is 2.22. The van der Waals surface area contributed by atoms with E-state index in [4.69, 9.17) is 11.6 Å². The molecule has 8 heteroatoms. The van der Waals surface area contributed by atoms with E-state index in [0.29, 0.717) is 5.69 Å². The van der Waals surface area contributed by atoms with Gasteiger partial charge in [0.2, 0.25) is 0 Å². The number of aromatic nitrogens is 2. The van der Waals surface area contributed by atoms with Crippen molar-refractivity contribution in [2.45, 2.75) is 6.04 Å². The Morgan fingerprint density at radius 1 is 1.36 bits per heavy atom.